The molecule has 1 aliphatic rings. The fraction of sp³-hybridized carbons (Fsp3) is 0.750. The molecule has 0 radical (unpaired) electrons. The average Bonchev–Trinajstić information content (AvgIpc) is 2.19. The molecule has 3 atom stereocenters. The summed E-state index contributed by atoms with van der Waals surface area (Å²) in [6.45, 7) is 7.36. The Hall–Kier alpha value is -0.830. The number of aliphatic hydroxyl groups is 2. The van der Waals surface area contributed by atoms with Gasteiger partial charge in [0.2, 0.25) is 0 Å². The summed E-state index contributed by atoms with van der Waals surface area (Å²) < 4.78 is 0. The van der Waals surface area contributed by atoms with Crippen LogP contribution in [0.2, 0.25) is 0 Å². The average molecular weight is 212 g/mol. The Morgan fingerprint density at radius 2 is 1.93 bits per heavy atom. The van der Waals surface area contributed by atoms with E-state index in [0.717, 1.165) is 0 Å². The van der Waals surface area contributed by atoms with Crippen molar-refractivity contribution in [2.45, 2.75) is 40.2 Å². The third-order valence-corrected chi connectivity index (χ3v) is 3.38. The predicted octanol–water partition coefficient (Wildman–Crippen LogP) is 2.06. The highest BCUT2D eigenvalue weighted by molar-refractivity contribution is 5.98. The van der Waals surface area contributed by atoms with Crippen molar-refractivity contribution in [2.75, 3.05) is 0 Å². The van der Waals surface area contributed by atoms with Gasteiger partial charge in [0, 0.05) is 23.8 Å². The van der Waals surface area contributed by atoms with Gasteiger partial charge in [0.05, 0.1) is 6.10 Å². The van der Waals surface area contributed by atoms with Crippen LogP contribution in [-0.2, 0) is 4.79 Å². The van der Waals surface area contributed by atoms with Crippen molar-refractivity contribution < 1.29 is 15.0 Å². The van der Waals surface area contributed by atoms with Gasteiger partial charge >= 0.3 is 0 Å². The molecule has 3 heteroatoms. The summed E-state index contributed by atoms with van der Waals surface area (Å²) in [5, 5.41) is 19.6. The number of allylic oxidation sites excluding steroid dienone is 1. The molecule has 0 spiro atoms. The monoisotopic (exact) mass is 212 g/mol. The number of carbonyl (C=O) groups is 1. The summed E-state index contributed by atoms with van der Waals surface area (Å²) in [5.74, 6) is -0.167. The lowest BCUT2D eigenvalue weighted by molar-refractivity contribution is -0.124. The molecule has 3 unspecified atom stereocenters. The van der Waals surface area contributed by atoms with E-state index >= 15 is 0 Å². The van der Waals surface area contributed by atoms with Crippen LogP contribution in [-0.4, -0.2) is 22.1 Å². The van der Waals surface area contributed by atoms with E-state index in [2.05, 4.69) is 0 Å². The second kappa shape index (κ2) is 4.35. The van der Waals surface area contributed by atoms with E-state index in [9.17, 15) is 15.0 Å². The Morgan fingerprint density at radius 3 is 2.40 bits per heavy atom. The SMILES string of the molecule is CC(C)C(O)=C1CC(O)C(C)C(C)C1=O. The topological polar surface area (TPSA) is 57.5 Å². The lowest BCUT2D eigenvalue weighted by Crippen LogP contribution is -2.37. The lowest BCUT2D eigenvalue weighted by Gasteiger charge is -2.32. The maximum absolute atomic E-state index is 11.9. The van der Waals surface area contributed by atoms with Gasteiger partial charge in [0.1, 0.15) is 5.76 Å². The highest BCUT2D eigenvalue weighted by Gasteiger charge is 2.36. The zero-order valence-electron chi connectivity index (χ0n) is 9.82. The minimum Gasteiger partial charge on any atom is -0.512 e. The van der Waals surface area contributed by atoms with Crippen LogP contribution in [0.1, 0.15) is 34.1 Å². The Labute approximate surface area is 90.8 Å². The van der Waals surface area contributed by atoms with E-state index < -0.39 is 6.10 Å². The molecule has 0 saturated heterocycles. The first-order valence-electron chi connectivity index (χ1n) is 5.50. The first-order valence-corrected chi connectivity index (χ1v) is 5.50. The molecular weight excluding hydrogens is 192 g/mol. The molecule has 0 bridgehead atoms. The molecule has 1 saturated carbocycles. The van der Waals surface area contributed by atoms with Gasteiger partial charge in [-0.25, -0.2) is 0 Å². The molecular formula is C12H20O3. The minimum atomic E-state index is -0.520. The van der Waals surface area contributed by atoms with Crippen molar-refractivity contribution >= 4 is 5.78 Å². The number of ketones is 1. The van der Waals surface area contributed by atoms with E-state index in [1.54, 1.807) is 0 Å². The Morgan fingerprint density at radius 1 is 1.40 bits per heavy atom. The van der Waals surface area contributed by atoms with Gasteiger partial charge in [0.15, 0.2) is 5.78 Å². The van der Waals surface area contributed by atoms with Crippen LogP contribution in [0.4, 0.5) is 0 Å². The summed E-state index contributed by atoms with van der Waals surface area (Å²) in [6.07, 6.45) is -0.234. The van der Waals surface area contributed by atoms with Gasteiger partial charge < -0.3 is 10.2 Å². The normalized spacial score (nSPS) is 35.9. The van der Waals surface area contributed by atoms with Crippen molar-refractivity contribution in [2.24, 2.45) is 17.8 Å². The molecule has 86 valence electrons. The van der Waals surface area contributed by atoms with Crippen LogP contribution in [0.15, 0.2) is 11.3 Å². The highest BCUT2D eigenvalue weighted by Crippen LogP contribution is 2.33. The number of rotatable bonds is 1. The van der Waals surface area contributed by atoms with Gasteiger partial charge in [-0.3, -0.25) is 4.79 Å². The third-order valence-electron chi connectivity index (χ3n) is 3.38. The summed E-state index contributed by atoms with van der Waals surface area (Å²) in [6, 6.07) is 0. The largest absolute Gasteiger partial charge is 0.512 e. The van der Waals surface area contributed by atoms with Gasteiger partial charge in [0.25, 0.3) is 0 Å². The fourth-order valence-electron chi connectivity index (χ4n) is 1.92. The zero-order valence-corrected chi connectivity index (χ0v) is 9.82. The first kappa shape index (κ1) is 12.2. The van der Waals surface area contributed by atoms with Gasteiger partial charge in [-0.15, -0.1) is 0 Å². The van der Waals surface area contributed by atoms with Crippen molar-refractivity contribution in [3.8, 4) is 0 Å². The fourth-order valence-corrected chi connectivity index (χ4v) is 1.92. The number of aliphatic hydroxyl groups excluding tert-OH is 2. The molecule has 0 aliphatic heterocycles. The van der Waals surface area contributed by atoms with E-state index in [4.69, 9.17) is 0 Å². The summed E-state index contributed by atoms with van der Waals surface area (Å²) in [5.41, 5.74) is 0.420. The molecule has 0 amide bonds. The van der Waals surface area contributed by atoms with Crippen molar-refractivity contribution in [1.29, 1.82) is 0 Å². The van der Waals surface area contributed by atoms with Crippen LogP contribution < -0.4 is 0 Å². The maximum Gasteiger partial charge on any atom is 0.165 e. The summed E-state index contributed by atoms with van der Waals surface area (Å²) >= 11 is 0. The van der Waals surface area contributed by atoms with Crippen molar-refractivity contribution in [3.63, 3.8) is 0 Å². The van der Waals surface area contributed by atoms with Crippen LogP contribution >= 0.6 is 0 Å². The molecule has 2 N–H and O–H groups in total. The Kier molecular flexibility index (Phi) is 3.55. The van der Waals surface area contributed by atoms with Crippen LogP contribution in [0.3, 0.4) is 0 Å². The van der Waals surface area contributed by atoms with E-state index in [-0.39, 0.29) is 35.7 Å². The quantitative estimate of drug-likeness (QED) is 0.516. The number of hydrogen-bond donors (Lipinski definition) is 2. The zero-order chi connectivity index (χ0) is 11.7. The predicted molar refractivity (Wildman–Crippen MR) is 58.5 cm³/mol. The van der Waals surface area contributed by atoms with Crippen molar-refractivity contribution in [1.82, 2.24) is 0 Å². The van der Waals surface area contributed by atoms with E-state index in [1.165, 1.54) is 0 Å². The molecule has 3 nitrogen and oxygen atoms in total. The molecule has 0 heterocycles. The second-order valence-corrected chi connectivity index (χ2v) is 4.80. The lowest BCUT2D eigenvalue weighted by atomic mass is 9.75. The molecule has 0 aromatic rings. The maximum atomic E-state index is 11.9. The highest BCUT2D eigenvalue weighted by atomic mass is 16.3. The van der Waals surface area contributed by atoms with Crippen LogP contribution in [0, 0.1) is 17.8 Å². The molecule has 1 rings (SSSR count). The molecule has 1 fully saturated rings. The molecule has 0 aromatic carbocycles. The second-order valence-electron chi connectivity index (χ2n) is 4.80. The number of hydrogen-bond acceptors (Lipinski definition) is 3. The van der Waals surface area contributed by atoms with Crippen LogP contribution in [0.5, 0.6) is 0 Å². The van der Waals surface area contributed by atoms with Crippen molar-refractivity contribution in [3.05, 3.63) is 11.3 Å². The number of carbonyl (C=O) groups excluding carboxylic acids is 1. The van der Waals surface area contributed by atoms with Gasteiger partial charge in [-0.2, -0.15) is 0 Å². The molecule has 0 aromatic heterocycles. The van der Waals surface area contributed by atoms with E-state index in [1.807, 2.05) is 27.7 Å². The first-order chi connectivity index (χ1) is 6.86. The summed E-state index contributed by atoms with van der Waals surface area (Å²) in [7, 11) is 0. The van der Waals surface area contributed by atoms with Gasteiger partial charge in [-0.1, -0.05) is 27.7 Å². The van der Waals surface area contributed by atoms with E-state index in [0.29, 0.717) is 5.57 Å². The Bertz CT molecular complexity index is 291. The number of Topliss-reactive ketones (excluding diaryl/α,β-unsaturated/α-hetero) is 1. The molecule has 1 aliphatic carbocycles. The Balaban J connectivity index is 3.03. The smallest absolute Gasteiger partial charge is 0.165 e. The van der Waals surface area contributed by atoms with Gasteiger partial charge in [-0.05, 0) is 5.92 Å². The molecule has 15 heavy (non-hydrogen) atoms. The third kappa shape index (κ3) is 2.23. The standard InChI is InChI=1S/C12H20O3/c1-6(2)11(14)9-5-10(13)7(3)8(4)12(9)15/h6-8,10,13-14H,5H2,1-4H3. The summed E-state index contributed by atoms with van der Waals surface area (Å²) in [4.78, 5) is 11.9. The minimum absolute atomic E-state index is 0.0148. The van der Waals surface area contributed by atoms with Crippen LogP contribution in [0.25, 0.3) is 0 Å².